The Morgan fingerprint density at radius 1 is 0.873 bits per heavy atom. The second-order valence-electron chi connectivity index (χ2n) is 16.0. The number of carboxylic acid groups (broad SMARTS) is 2. The minimum Gasteiger partial charge on any atom is -0.483 e. The largest absolute Gasteiger partial charge is 0.483 e. The zero-order chi connectivity index (χ0) is 50.4. The topological polar surface area (TPSA) is 330 Å². The van der Waals surface area contributed by atoms with Crippen molar-refractivity contribution in [3.05, 3.63) is 125 Å². The van der Waals surface area contributed by atoms with Gasteiger partial charge in [-0.25, -0.2) is 0 Å². The molecule has 0 bridgehead atoms. The number of carbonyl (C=O) groups is 5. The number of hydrogen-bond donors (Lipinski definition) is 9. The van der Waals surface area contributed by atoms with Crippen molar-refractivity contribution in [1.29, 1.82) is 0 Å². The van der Waals surface area contributed by atoms with Gasteiger partial charge in [0.05, 0.1) is 23.1 Å². The van der Waals surface area contributed by atoms with E-state index in [1.165, 1.54) is 17.0 Å². The number of nitrogens with one attached hydrogen (secondary N) is 5. The molecule has 1 aliphatic rings. The summed E-state index contributed by atoms with van der Waals surface area (Å²) in [5, 5.41) is 45.9. The highest BCUT2D eigenvalue weighted by Crippen LogP contribution is 2.37. The van der Waals surface area contributed by atoms with Crippen LogP contribution < -0.4 is 32.3 Å². The van der Waals surface area contributed by atoms with Crippen LogP contribution in [0.2, 0.25) is 5.02 Å². The molecule has 8 rings (SSSR count). The number of carboxylic acids is 1. The fourth-order valence-electron chi connectivity index (χ4n) is 7.59. The number of pyridine rings is 2. The summed E-state index contributed by atoms with van der Waals surface area (Å²) in [6.07, 6.45) is 4.91. The third kappa shape index (κ3) is 13.0. The molecule has 10 N–H and O–H groups in total. The Morgan fingerprint density at radius 3 is 2.24 bits per heavy atom. The van der Waals surface area contributed by atoms with Gasteiger partial charge in [0.1, 0.15) is 17.4 Å². The highest BCUT2D eigenvalue weighted by atomic mass is 35.5. The number of amides is 3. The average molecular weight is 989 g/mol. The average Bonchev–Trinajstić information content (AvgIpc) is 4.14. The number of nitrogens with zero attached hydrogens (tertiary/aromatic N) is 8. The third-order valence-corrected chi connectivity index (χ3v) is 11.5. The number of nitrogen functional groups attached to an aromatic ring is 1. The summed E-state index contributed by atoms with van der Waals surface area (Å²) in [6.45, 7) is 3.96. The van der Waals surface area contributed by atoms with E-state index in [1.54, 1.807) is 71.8 Å². The van der Waals surface area contributed by atoms with Gasteiger partial charge in [-0.05, 0) is 72.0 Å². The number of rotatable bonds is 19. The van der Waals surface area contributed by atoms with Gasteiger partial charge >= 0.3 is 5.97 Å². The van der Waals surface area contributed by atoms with Crippen molar-refractivity contribution in [3.8, 4) is 22.7 Å². The number of nitrogens with two attached hydrogens (primary N) is 1. The van der Waals surface area contributed by atoms with Gasteiger partial charge in [-0.2, -0.15) is 19.5 Å². The van der Waals surface area contributed by atoms with Crippen LogP contribution in [-0.2, 0) is 27.5 Å². The van der Waals surface area contributed by atoms with Gasteiger partial charge in [-0.1, -0.05) is 48.0 Å². The predicted molar refractivity (Wildman–Crippen MR) is 260 cm³/mol. The maximum Gasteiger partial charge on any atom is 0.321 e. The molecule has 7 aromatic rings. The van der Waals surface area contributed by atoms with Crippen LogP contribution in [0.25, 0.3) is 28.5 Å². The molecule has 0 aliphatic carbocycles. The van der Waals surface area contributed by atoms with Crippen molar-refractivity contribution in [2.45, 2.75) is 51.4 Å². The van der Waals surface area contributed by atoms with E-state index >= 15 is 0 Å². The lowest BCUT2D eigenvalue weighted by molar-refractivity contribution is -0.142. The standard InChI is InChI=1S/C46H47ClN14O7.CH2O2/c1-26-30(31-7-3-9-33(39(31)47)55-42(65)35-15-13-28(23-53-35)24-60-25-29(62)20-36(60)43(66)67)6-2-8-32(26)54-41(64)34-14-12-27(22-52-34)21-49-17-18-50-38(63)11-4-16-51-45-57-44(48)61-46(58-45)56-40(59-61)37-10-5-19-68-37;2-1-3/h2-3,5-10,12-15,19,22-23,29,36,49,62H,4,11,16-18,20-21,24-25H2,1H3,(H,50,63)(H,54,64)(H,55,65)(H,66,67)(H3,48,51,56,57,58,59);1H,(H,2,3)/t29-,36+;/m1./s1. The van der Waals surface area contributed by atoms with E-state index in [9.17, 15) is 29.4 Å². The van der Waals surface area contributed by atoms with Gasteiger partial charge in [0.15, 0.2) is 5.76 Å². The molecule has 5 aromatic heterocycles. The zero-order valence-corrected chi connectivity index (χ0v) is 38.8. The second-order valence-corrected chi connectivity index (χ2v) is 16.4. The van der Waals surface area contributed by atoms with E-state index in [-0.39, 0.29) is 66.0 Å². The van der Waals surface area contributed by atoms with Gasteiger partial charge in [0.2, 0.25) is 23.6 Å². The molecule has 71 heavy (non-hydrogen) atoms. The quantitative estimate of drug-likeness (QED) is 0.0407. The minimum absolute atomic E-state index is 0.0987. The number of likely N-dealkylation sites (tertiary alicyclic amines) is 1. The van der Waals surface area contributed by atoms with E-state index in [1.807, 2.05) is 19.1 Å². The first-order valence-corrected chi connectivity index (χ1v) is 22.5. The third-order valence-electron chi connectivity index (χ3n) is 11.1. The summed E-state index contributed by atoms with van der Waals surface area (Å²) >= 11 is 6.88. The molecule has 23 nitrogen and oxygen atoms in total. The number of fused-ring (bicyclic) bond motifs is 1. The maximum absolute atomic E-state index is 13.3. The monoisotopic (exact) mass is 988 g/mol. The summed E-state index contributed by atoms with van der Waals surface area (Å²) in [5.74, 6) is -0.529. The van der Waals surface area contributed by atoms with Gasteiger partial charge in [-0.15, -0.1) is 5.10 Å². The van der Waals surface area contributed by atoms with Gasteiger partial charge in [0.25, 0.3) is 24.1 Å². The molecule has 3 amide bonds. The number of furan rings is 1. The number of aromatic nitrogens is 7. The Hall–Kier alpha value is -8.38. The van der Waals surface area contributed by atoms with Crippen molar-refractivity contribution in [1.82, 2.24) is 50.1 Å². The van der Waals surface area contributed by atoms with Crippen LogP contribution in [0.3, 0.4) is 0 Å². The first-order valence-electron chi connectivity index (χ1n) is 22.1. The molecule has 0 unspecified atom stereocenters. The van der Waals surface area contributed by atoms with Crippen LogP contribution in [-0.4, -0.2) is 123 Å². The number of anilines is 4. The number of aliphatic carboxylic acids is 1. The molecular weight excluding hydrogens is 940 g/mol. The normalized spacial score (nSPS) is 14.3. The number of benzene rings is 2. The number of halogens is 1. The van der Waals surface area contributed by atoms with Crippen molar-refractivity contribution in [2.75, 3.05) is 47.9 Å². The lowest BCUT2D eigenvalue weighted by Crippen LogP contribution is -2.35. The molecule has 0 radical (unpaired) electrons. The van der Waals surface area contributed by atoms with E-state index < -0.39 is 29.9 Å². The molecule has 0 spiro atoms. The summed E-state index contributed by atoms with van der Waals surface area (Å²) in [4.78, 5) is 82.2. The van der Waals surface area contributed by atoms with Crippen molar-refractivity contribution < 1.29 is 43.7 Å². The first kappa shape index (κ1) is 50.5. The Morgan fingerprint density at radius 2 is 1.56 bits per heavy atom. The Balaban J connectivity index is 0.00000241. The highest BCUT2D eigenvalue weighted by Gasteiger charge is 2.36. The van der Waals surface area contributed by atoms with Crippen molar-refractivity contribution >= 4 is 70.8 Å². The van der Waals surface area contributed by atoms with Crippen molar-refractivity contribution in [2.24, 2.45) is 0 Å². The molecule has 1 fully saturated rings. The zero-order valence-electron chi connectivity index (χ0n) is 38.1. The number of aliphatic hydroxyl groups is 1. The molecule has 1 saturated heterocycles. The summed E-state index contributed by atoms with van der Waals surface area (Å²) in [5.41, 5.74) is 11.0. The number of hydrogen-bond acceptors (Lipinski definition) is 17. The molecule has 1 aliphatic heterocycles. The van der Waals surface area contributed by atoms with Crippen molar-refractivity contribution in [3.63, 3.8) is 0 Å². The highest BCUT2D eigenvalue weighted by molar-refractivity contribution is 6.36. The predicted octanol–water partition coefficient (Wildman–Crippen LogP) is 4.10. The minimum atomic E-state index is -0.997. The van der Waals surface area contributed by atoms with Gasteiger partial charge < -0.3 is 52.1 Å². The number of carbonyl (C=O) groups excluding carboxylic acids is 3. The second kappa shape index (κ2) is 23.8. The smallest absolute Gasteiger partial charge is 0.321 e. The number of aliphatic hydroxyl groups excluding tert-OH is 1. The van der Waals surface area contributed by atoms with E-state index in [2.05, 4.69) is 56.6 Å². The Labute approximate surface area is 409 Å². The van der Waals surface area contributed by atoms with Crippen LogP contribution in [0, 0.1) is 6.92 Å². The molecule has 2 aromatic carbocycles. The van der Waals surface area contributed by atoms with Crippen LogP contribution in [0.4, 0.5) is 23.3 Å². The van der Waals surface area contributed by atoms with E-state index in [0.29, 0.717) is 73.1 Å². The van der Waals surface area contributed by atoms with Crippen LogP contribution in [0.5, 0.6) is 0 Å². The number of β-amino-alcohol motifs (C(OH)–C–C–N with tert-alkyl or cyclic N) is 1. The summed E-state index contributed by atoms with van der Waals surface area (Å²) < 4.78 is 6.66. The van der Waals surface area contributed by atoms with E-state index in [4.69, 9.17) is 31.7 Å². The Bertz CT molecular complexity index is 2990. The van der Waals surface area contributed by atoms with Crippen LogP contribution in [0.15, 0.2) is 95.9 Å². The summed E-state index contributed by atoms with van der Waals surface area (Å²) in [6, 6.07) is 20.0. The van der Waals surface area contributed by atoms with Gasteiger partial charge in [0, 0.05) is 75.8 Å². The van der Waals surface area contributed by atoms with Gasteiger partial charge in [-0.3, -0.25) is 38.8 Å². The lowest BCUT2D eigenvalue weighted by Gasteiger charge is -2.20. The fourth-order valence-corrected chi connectivity index (χ4v) is 7.86. The molecule has 6 heterocycles. The molecule has 0 saturated carbocycles. The van der Waals surface area contributed by atoms with Crippen LogP contribution in [0.1, 0.15) is 56.9 Å². The lowest BCUT2D eigenvalue weighted by atomic mass is 9.98. The first-order chi connectivity index (χ1) is 34.3. The molecule has 24 heteroatoms. The fraction of sp³-hybridized carbons (Fsp3) is 0.255. The van der Waals surface area contributed by atoms with E-state index in [0.717, 1.165) is 16.7 Å². The van der Waals surface area contributed by atoms with Crippen LogP contribution >= 0.6 is 11.6 Å². The molecule has 2 atom stereocenters. The Kier molecular flexibility index (Phi) is 16.9. The molecule has 368 valence electrons. The summed E-state index contributed by atoms with van der Waals surface area (Å²) in [7, 11) is 0. The maximum atomic E-state index is 13.3. The SMILES string of the molecule is Cc1c(NC(=O)c2ccc(CNCCNC(=O)CCCNc3nc(N)n4nc(-c5ccco5)nc4n3)cn2)cccc1-c1cccc(NC(=O)c2ccc(CN3C[C@H](O)C[C@H]3C(=O)O)cn2)c1Cl.O=CO. The molecular formula is C47H49ClN14O9.